The molecule has 8 heteroatoms. The van der Waals surface area contributed by atoms with Gasteiger partial charge in [0.15, 0.2) is 11.5 Å². The first kappa shape index (κ1) is 16.8. The van der Waals surface area contributed by atoms with Crippen LogP contribution in [0.2, 0.25) is 0 Å². The van der Waals surface area contributed by atoms with Crippen LogP contribution in [-0.2, 0) is 29.0 Å². The van der Waals surface area contributed by atoms with Gasteiger partial charge in [0.05, 0.1) is 30.7 Å². The van der Waals surface area contributed by atoms with E-state index in [0.29, 0.717) is 19.8 Å². The Bertz CT molecular complexity index is 930. The molecule has 7 nitrogen and oxygen atoms in total. The molecule has 25 heavy (non-hydrogen) atoms. The Morgan fingerprint density at radius 2 is 2.20 bits per heavy atom. The van der Waals surface area contributed by atoms with Gasteiger partial charge in [0.2, 0.25) is 0 Å². The predicted molar refractivity (Wildman–Crippen MR) is 97.1 cm³/mol. The summed E-state index contributed by atoms with van der Waals surface area (Å²) in [6, 6.07) is 0. The second-order valence-corrected chi connectivity index (χ2v) is 8.08. The smallest absolute Gasteiger partial charge is 0.168 e. The molecule has 0 aliphatic carbocycles. The molecule has 0 bridgehead atoms. The van der Waals surface area contributed by atoms with Gasteiger partial charge in [0.1, 0.15) is 10.7 Å². The fraction of sp³-hybridized carbons (Fsp3) is 0.588. The van der Waals surface area contributed by atoms with Crippen LogP contribution in [-0.4, -0.2) is 45.4 Å². The maximum Gasteiger partial charge on any atom is 0.168 e. The molecule has 1 aliphatic rings. The average Bonchev–Trinajstić information content (AvgIpc) is 3.12. The van der Waals surface area contributed by atoms with Crippen molar-refractivity contribution in [2.45, 2.75) is 45.9 Å². The van der Waals surface area contributed by atoms with Crippen molar-refractivity contribution < 1.29 is 9.47 Å². The zero-order chi connectivity index (χ0) is 17.6. The summed E-state index contributed by atoms with van der Waals surface area (Å²) >= 11 is 1.71. The third kappa shape index (κ3) is 3.03. The molecule has 134 valence electrons. The van der Waals surface area contributed by atoms with Gasteiger partial charge in [-0.3, -0.25) is 0 Å². The molecule has 0 radical (unpaired) electrons. The summed E-state index contributed by atoms with van der Waals surface area (Å²) in [5, 5.41) is 9.07. The van der Waals surface area contributed by atoms with Crippen LogP contribution in [0.3, 0.4) is 0 Å². The number of ether oxygens (including phenoxy) is 2. The summed E-state index contributed by atoms with van der Waals surface area (Å²) in [7, 11) is 1.70. The Balaban J connectivity index is 1.79. The van der Waals surface area contributed by atoms with Crippen LogP contribution in [0.5, 0.6) is 0 Å². The first-order valence-electron chi connectivity index (χ1n) is 8.48. The van der Waals surface area contributed by atoms with Gasteiger partial charge in [-0.05, 0) is 26.3 Å². The van der Waals surface area contributed by atoms with E-state index in [1.54, 1.807) is 18.4 Å². The van der Waals surface area contributed by atoms with Crippen molar-refractivity contribution in [3.63, 3.8) is 0 Å². The van der Waals surface area contributed by atoms with Crippen LogP contribution in [0.15, 0.2) is 0 Å². The van der Waals surface area contributed by atoms with Crippen LogP contribution >= 0.6 is 11.3 Å². The highest BCUT2D eigenvalue weighted by Crippen LogP contribution is 2.39. The van der Waals surface area contributed by atoms with Gasteiger partial charge in [-0.25, -0.2) is 9.97 Å². The van der Waals surface area contributed by atoms with Crippen molar-refractivity contribution in [2.75, 3.05) is 20.3 Å². The van der Waals surface area contributed by atoms with Crippen molar-refractivity contribution in [2.24, 2.45) is 0 Å². The SMILES string of the molecule is COCCNCc1nc2c3c4c(sc3nc(C)n2n1)COC(C)(C)C4. The third-order valence-corrected chi connectivity index (χ3v) is 5.58. The molecular formula is C17H23N5O2S. The number of nitrogens with one attached hydrogen (secondary N) is 1. The third-order valence-electron chi connectivity index (χ3n) is 4.48. The first-order chi connectivity index (χ1) is 12.0. The summed E-state index contributed by atoms with van der Waals surface area (Å²) in [4.78, 5) is 11.9. The molecule has 0 saturated carbocycles. The highest BCUT2D eigenvalue weighted by Gasteiger charge is 2.31. The number of aryl methyl sites for hydroxylation is 1. The minimum absolute atomic E-state index is 0.159. The predicted octanol–water partition coefficient (Wildman–Crippen LogP) is 2.23. The number of methoxy groups -OCH3 is 1. The number of fused-ring (bicyclic) bond motifs is 5. The Morgan fingerprint density at radius 1 is 1.36 bits per heavy atom. The minimum Gasteiger partial charge on any atom is -0.383 e. The molecule has 0 unspecified atom stereocenters. The standard InChI is InChI=1S/C17H23N5O2S/c1-10-19-16-14(11-7-17(2,3)24-9-12(11)25-16)15-20-13(21-22(10)15)8-18-5-6-23-4/h18H,5-9H2,1-4H3. The summed E-state index contributed by atoms with van der Waals surface area (Å²) in [5.41, 5.74) is 2.06. The van der Waals surface area contributed by atoms with Crippen LogP contribution in [0.4, 0.5) is 0 Å². The normalized spacial score (nSPS) is 16.6. The number of nitrogens with zero attached hydrogens (tertiary/aromatic N) is 4. The Kier molecular flexibility index (Phi) is 4.23. The molecule has 3 aromatic heterocycles. The Labute approximate surface area is 150 Å². The molecule has 0 spiro atoms. The summed E-state index contributed by atoms with van der Waals surface area (Å²) < 4.78 is 12.9. The van der Waals surface area contributed by atoms with Crippen LogP contribution in [0.25, 0.3) is 15.9 Å². The molecule has 0 atom stereocenters. The molecule has 0 saturated heterocycles. The second-order valence-electron chi connectivity index (χ2n) is 7.00. The lowest BCUT2D eigenvalue weighted by Gasteiger charge is -2.30. The fourth-order valence-electron chi connectivity index (χ4n) is 3.23. The van der Waals surface area contributed by atoms with Gasteiger partial charge in [0.25, 0.3) is 0 Å². The zero-order valence-electron chi connectivity index (χ0n) is 15.0. The van der Waals surface area contributed by atoms with E-state index in [4.69, 9.17) is 19.4 Å². The lowest BCUT2D eigenvalue weighted by atomic mass is 9.94. The zero-order valence-corrected chi connectivity index (χ0v) is 15.9. The van der Waals surface area contributed by atoms with E-state index < -0.39 is 0 Å². The quantitative estimate of drug-likeness (QED) is 0.703. The Morgan fingerprint density at radius 3 is 3.00 bits per heavy atom. The van der Waals surface area contributed by atoms with Gasteiger partial charge < -0.3 is 14.8 Å². The summed E-state index contributed by atoms with van der Waals surface area (Å²) in [6.07, 6.45) is 0.872. The lowest BCUT2D eigenvalue weighted by Crippen LogP contribution is -2.31. The molecule has 1 aliphatic heterocycles. The van der Waals surface area contributed by atoms with Crippen LogP contribution in [0.1, 0.15) is 35.9 Å². The fourth-order valence-corrected chi connectivity index (χ4v) is 4.38. The van der Waals surface area contributed by atoms with Gasteiger partial charge >= 0.3 is 0 Å². The molecule has 4 heterocycles. The van der Waals surface area contributed by atoms with E-state index in [-0.39, 0.29) is 5.60 Å². The molecule has 0 aromatic carbocycles. The number of thiophene rings is 1. The van der Waals surface area contributed by atoms with Gasteiger partial charge in [-0.15, -0.1) is 16.4 Å². The van der Waals surface area contributed by atoms with Crippen molar-refractivity contribution in [3.8, 4) is 0 Å². The summed E-state index contributed by atoms with van der Waals surface area (Å²) in [6.45, 7) is 8.95. The largest absolute Gasteiger partial charge is 0.383 e. The van der Waals surface area contributed by atoms with E-state index in [2.05, 4.69) is 24.3 Å². The van der Waals surface area contributed by atoms with Gasteiger partial charge in [-0.1, -0.05) is 0 Å². The average molecular weight is 361 g/mol. The first-order valence-corrected chi connectivity index (χ1v) is 9.30. The van der Waals surface area contributed by atoms with E-state index in [0.717, 1.165) is 40.5 Å². The molecule has 1 N–H and O–H groups in total. The van der Waals surface area contributed by atoms with Crippen LogP contribution in [0, 0.1) is 6.92 Å². The minimum atomic E-state index is -0.159. The topological polar surface area (TPSA) is 73.6 Å². The number of rotatable bonds is 5. The highest BCUT2D eigenvalue weighted by molar-refractivity contribution is 7.19. The number of aromatic nitrogens is 4. The van der Waals surface area contributed by atoms with E-state index in [1.807, 2.05) is 11.4 Å². The Hall–Kier alpha value is -1.61. The molecule has 0 fully saturated rings. The van der Waals surface area contributed by atoms with Crippen molar-refractivity contribution >= 4 is 27.2 Å². The van der Waals surface area contributed by atoms with E-state index in [1.165, 1.54) is 10.4 Å². The molecular weight excluding hydrogens is 338 g/mol. The monoisotopic (exact) mass is 361 g/mol. The maximum absolute atomic E-state index is 5.96. The van der Waals surface area contributed by atoms with Gasteiger partial charge in [-0.2, -0.15) is 4.52 Å². The van der Waals surface area contributed by atoms with Crippen molar-refractivity contribution in [1.82, 2.24) is 24.9 Å². The van der Waals surface area contributed by atoms with E-state index in [9.17, 15) is 0 Å². The van der Waals surface area contributed by atoms with Crippen molar-refractivity contribution in [1.29, 1.82) is 0 Å². The van der Waals surface area contributed by atoms with E-state index >= 15 is 0 Å². The van der Waals surface area contributed by atoms with Gasteiger partial charge in [0, 0.05) is 25.0 Å². The maximum atomic E-state index is 5.96. The molecule has 3 aromatic rings. The number of hydrogen-bond acceptors (Lipinski definition) is 7. The summed E-state index contributed by atoms with van der Waals surface area (Å²) in [5.74, 6) is 1.64. The van der Waals surface area contributed by atoms with Crippen molar-refractivity contribution in [3.05, 3.63) is 22.1 Å². The lowest BCUT2D eigenvalue weighted by molar-refractivity contribution is -0.0379. The molecule has 0 amide bonds. The molecule has 4 rings (SSSR count). The van der Waals surface area contributed by atoms with Crippen LogP contribution < -0.4 is 5.32 Å². The number of hydrogen-bond donors (Lipinski definition) is 1. The second kappa shape index (κ2) is 6.28. The highest BCUT2D eigenvalue weighted by atomic mass is 32.1.